The van der Waals surface area contributed by atoms with Crippen LogP contribution in [0, 0.1) is 5.92 Å². The third kappa shape index (κ3) is 4.40. The molecule has 0 radical (unpaired) electrons. The van der Waals surface area contributed by atoms with Crippen molar-refractivity contribution < 1.29 is 5.11 Å². The van der Waals surface area contributed by atoms with Gasteiger partial charge in [0, 0.05) is 50.7 Å². The van der Waals surface area contributed by atoms with Gasteiger partial charge in [0.2, 0.25) is 5.13 Å². The lowest BCUT2D eigenvalue weighted by atomic mass is 10.1. The average molecular weight is 284 g/mol. The van der Waals surface area contributed by atoms with Crippen LogP contribution in [0.4, 0.5) is 5.13 Å². The number of anilines is 1. The van der Waals surface area contributed by atoms with Gasteiger partial charge in [0.15, 0.2) is 0 Å². The molecule has 0 aliphatic carbocycles. The highest BCUT2D eigenvalue weighted by atomic mass is 32.1. The Balaban J connectivity index is 1.85. The Labute approximate surface area is 119 Å². The van der Waals surface area contributed by atoms with Gasteiger partial charge in [0.25, 0.3) is 0 Å². The van der Waals surface area contributed by atoms with Gasteiger partial charge in [-0.05, 0) is 12.8 Å². The van der Waals surface area contributed by atoms with E-state index in [0.29, 0.717) is 5.92 Å². The number of hydrogen-bond donors (Lipinski definition) is 1. The van der Waals surface area contributed by atoms with E-state index in [-0.39, 0.29) is 6.10 Å². The monoisotopic (exact) mass is 284 g/mol. The Morgan fingerprint density at radius 1 is 1.21 bits per heavy atom. The summed E-state index contributed by atoms with van der Waals surface area (Å²) in [5, 5.41) is 10.4. The van der Waals surface area contributed by atoms with Gasteiger partial charge >= 0.3 is 0 Å². The van der Waals surface area contributed by atoms with Crippen molar-refractivity contribution in [2.24, 2.45) is 5.92 Å². The van der Waals surface area contributed by atoms with Crippen molar-refractivity contribution >= 4 is 16.7 Å². The summed E-state index contributed by atoms with van der Waals surface area (Å²) in [4.78, 5) is 9.23. The van der Waals surface area contributed by atoms with Gasteiger partial charge in [-0.1, -0.05) is 13.8 Å². The number of aliphatic hydroxyl groups excluding tert-OH is 1. The van der Waals surface area contributed by atoms with Crippen LogP contribution in [0.1, 0.15) is 26.6 Å². The zero-order chi connectivity index (χ0) is 13.8. The highest BCUT2D eigenvalue weighted by Crippen LogP contribution is 2.20. The molecule has 19 heavy (non-hydrogen) atoms. The number of aromatic nitrogens is 2. The molecule has 0 saturated carbocycles. The molecule has 1 aromatic heterocycles. The van der Waals surface area contributed by atoms with Gasteiger partial charge in [-0.25, -0.2) is 4.98 Å². The maximum Gasteiger partial charge on any atom is 0.205 e. The minimum absolute atomic E-state index is 0.245. The highest BCUT2D eigenvalue weighted by molar-refractivity contribution is 7.09. The van der Waals surface area contributed by atoms with E-state index in [0.717, 1.165) is 50.1 Å². The SMILES string of the molecule is CC(C)Cc1nsc(N2CCN(C[C@@H](C)O)CC2)n1. The van der Waals surface area contributed by atoms with Crippen LogP contribution in [0.15, 0.2) is 0 Å². The lowest BCUT2D eigenvalue weighted by molar-refractivity contribution is 0.122. The Hall–Kier alpha value is -0.720. The molecule has 1 fully saturated rings. The van der Waals surface area contributed by atoms with E-state index >= 15 is 0 Å². The average Bonchev–Trinajstić information content (AvgIpc) is 2.76. The zero-order valence-electron chi connectivity index (χ0n) is 12.0. The van der Waals surface area contributed by atoms with Gasteiger partial charge in [-0.2, -0.15) is 4.37 Å². The molecule has 1 atom stereocenters. The smallest absolute Gasteiger partial charge is 0.205 e. The van der Waals surface area contributed by atoms with Crippen molar-refractivity contribution in [1.29, 1.82) is 0 Å². The number of piperazine rings is 1. The molecule has 5 nitrogen and oxygen atoms in total. The number of rotatable bonds is 5. The summed E-state index contributed by atoms with van der Waals surface area (Å²) in [6.45, 7) is 10.9. The zero-order valence-corrected chi connectivity index (χ0v) is 12.9. The predicted molar refractivity (Wildman–Crippen MR) is 78.8 cm³/mol. The summed E-state index contributed by atoms with van der Waals surface area (Å²) in [5.74, 6) is 1.58. The van der Waals surface area contributed by atoms with Gasteiger partial charge in [0.05, 0.1) is 6.10 Å². The van der Waals surface area contributed by atoms with Crippen molar-refractivity contribution in [3.05, 3.63) is 5.82 Å². The molecule has 0 aromatic carbocycles. The maximum atomic E-state index is 9.40. The first kappa shape index (κ1) is 14.7. The molecule has 0 bridgehead atoms. The topological polar surface area (TPSA) is 52.5 Å². The first-order chi connectivity index (χ1) is 9.04. The molecule has 1 aromatic rings. The third-order valence-electron chi connectivity index (χ3n) is 3.21. The fourth-order valence-corrected chi connectivity index (χ4v) is 3.06. The Morgan fingerprint density at radius 3 is 2.47 bits per heavy atom. The molecule has 6 heteroatoms. The molecule has 0 unspecified atom stereocenters. The molecule has 1 saturated heterocycles. The fourth-order valence-electron chi connectivity index (χ4n) is 2.32. The van der Waals surface area contributed by atoms with Crippen molar-refractivity contribution in [1.82, 2.24) is 14.3 Å². The molecule has 108 valence electrons. The standard InChI is InChI=1S/C13H24N4OS/c1-10(2)8-12-14-13(19-15-12)17-6-4-16(5-7-17)9-11(3)18/h10-11,18H,4-9H2,1-3H3/t11-/m1/s1. The molecule has 2 heterocycles. The number of aliphatic hydroxyl groups is 1. The van der Waals surface area contributed by atoms with Crippen LogP contribution in [-0.4, -0.2) is 58.2 Å². The van der Waals surface area contributed by atoms with Crippen molar-refractivity contribution in [2.75, 3.05) is 37.6 Å². The van der Waals surface area contributed by atoms with Crippen LogP contribution in [-0.2, 0) is 6.42 Å². The first-order valence-electron chi connectivity index (χ1n) is 7.02. The largest absolute Gasteiger partial charge is 0.392 e. The normalized spacial score (nSPS) is 19.1. The number of β-amino-alcohol motifs (C(OH)–C–C–N with tert-alkyl or cyclic N) is 1. The van der Waals surface area contributed by atoms with Gasteiger partial charge < -0.3 is 10.0 Å². The number of hydrogen-bond acceptors (Lipinski definition) is 6. The molecule has 1 N–H and O–H groups in total. The fraction of sp³-hybridized carbons (Fsp3) is 0.846. The summed E-state index contributed by atoms with van der Waals surface area (Å²) in [7, 11) is 0. The van der Waals surface area contributed by atoms with Crippen LogP contribution in [0.2, 0.25) is 0 Å². The Bertz CT molecular complexity index is 386. The van der Waals surface area contributed by atoms with Crippen molar-refractivity contribution in [2.45, 2.75) is 33.3 Å². The second kappa shape index (κ2) is 6.63. The van der Waals surface area contributed by atoms with Crippen LogP contribution in [0.25, 0.3) is 0 Å². The molecule has 0 amide bonds. The van der Waals surface area contributed by atoms with Crippen LogP contribution < -0.4 is 4.90 Å². The lowest BCUT2D eigenvalue weighted by Crippen LogP contribution is -2.48. The van der Waals surface area contributed by atoms with E-state index < -0.39 is 0 Å². The summed E-state index contributed by atoms with van der Waals surface area (Å²) >= 11 is 1.51. The van der Waals surface area contributed by atoms with E-state index in [2.05, 4.69) is 33.0 Å². The van der Waals surface area contributed by atoms with Crippen molar-refractivity contribution in [3.63, 3.8) is 0 Å². The predicted octanol–water partition coefficient (Wildman–Crippen LogP) is 1.24. The number of nitrogens with zero attached hydrogens (tertiary/aromatic N) is 4. The van der Waals surface area contributed by atoms with E-state index in [4.69, 9.17) is 0 Å². The molecule has 2 rings (SSSR count). The highest BCUT2D eigenvalue weighted by Gasteiger charge is 2.20. The van der Waals surface area contributed by atoms with Gasteiger partial charge in [-0.15, -0.1) is 0 Å². The summed E-state index contributed by atoms with van der Waals surface area (Å²) in [5.41, 5.74) is 0. The summed E-state index contributed by atoms with van der Waals surface area (Å²) in [6, 6.07) is 0. The van der Waals surface area contributed by atoms with Crippen LogP contribution >= 0.6 is 11.5 Å². The van der Waals surface area contributed by atoms with Crippen LogP contribution in [0.5, 0.6) is 0 Å². The third-order valence-corrected chi connectivity index (χ3v) is 4.03. The molecular weight excluding hydrogens is 260 g/mol. The van der Waals surface area contributed by atoms with E-state index in [1.165, 1.54) is 11.5 Å². The summed E-state index contributed by atoms with van der Waals surface area (Å²) < 4.78 is 4.43. The summed E-state index contributed by atoms with van der Waals surface area (Å²) in [6.07, 6.45) is 0.712. The van der Waals surface area contributed by atoms with E-state index in [1.807, 2.05) is 6.92 Å². The van der Waals surface area contributed by atoms with E-state index in [9.17, 15) is 5.11 Å². The minimum Gasteiger partial charge on any atom is -0.392 e. The van der Waals surface area contributed by atoms with E-state index in [1.54, 1.807) is 0 Å². The Kier molecular flexibility index (Phi) is 5.13. The molecule has 1 aliphatic heterocycles. The van der Waals surface area contributed by atoms with Crippen LogP contribution in [0.3, 0.4) is 0 Å². The van der Waals surface area contributed by atoms with Gasteiger partial charge in [0.1, 0.15) is 5.82 Å². The Morgan fingerprint density at radius 2 is 1.89 bits per heavy atom. The molecular formula is C13H24N4OS. The van der Waals surface area contributed by atoms with Gasteiger partial charge in [-0.3, -0.25) is 4.90 Å². The first-order valence-corrected chi connectivity index (χ1v) is 7.80. The second-order valence-corrected chi connectivity index (χ2v) is 6.46. The van der Waals surface area contributed by atoms with Crippen molar-refractivity contribution in [3.8, 4) is 0 Å². The quantitative estimate of drug-likeness (QED) is 0.881. The minimum atomic E-state index is -0.245. The maximum absolute atomic E-state index is 9.40. The molecule has 0 spiro atoms. The molecule has 1 aliphatic rings. The lowest BCUT2D eigenvalue weighted by Gasteiger charge is -2.34. The second-order valence-electron chi connectivity index (χ2n) is 5.73.